The van der Waals surface area contributed by atoms with E-state index in [4.69, 9.17) is 17.7 Å². The van der Waals surface area contributed by atoms with Crippen LogP contribution < -0.4 is 16.0 Å². The summed E-state index contributed by atoms with van der Waals surface area (Å²) in [6.45, 7) is 7.31. The van der Waals surface area contributed by atoms with E-state index in [0.717, 1.165) is 0 Å². The molecule has 5 aromatic heterocycles. The van der Waals surface area contributed by atoms with Gasteiger partial charge in [-0.05, 0) is 11.8 Å². The fraction of sp³-hybridized carbons (Fsp3) is 0.294. The van der Waals surface area contributed by atoms with Crippen molar-refractivity contribution in [1.82, 2.24) is 40.9 Å². The molecule has 1 aromatic carbocycles. The molecule has 0 radical (unpaired) electrons. The molecule has 3 amide bonds. The molecule has 10 bridgehead atoms. The maximum Gasteiger partial charge on any atom is 0.274 e. The standard InChI is InChI=1S/C34H32N8O7S/c1-5-17(4)25-29(44)40-24(16(2)3)28(43)35-11-23-36-19(12-46-23)31-38-21(14-48-31)34-39-22(15-50-34)32-37-20(13-47-32)33-42-26(30(45)41-25)27(49-33)18-9-7-6-8-10-18/h6-10,12-17,24-25H,5,11H2,1-4H3,(H,35,43)(H,40,44)(H,41,45)/t17-,24-,25+/m0/s1. The zero-order chi connectivity index (χ0) is 34.9. The second-order valence-corrected chi connectivity index (χ2v) is 12.9. The molecule has 50 heavy (non-hydrogen) atoms. The number of nitrogens with zero attached hydrogens (tertiary/aromatic N) is 5. The Kier molecular flexibility index (Phi) is 8.84. The van der Waals surface area contributed by atoms with Crippen molar-refractivity contribution in [2.75, 3.05) is 0 Å². The summed E-state index contributed by atoms with van der Waals surface area (Å²) in [6.07, 6.45) is 4.74. The number of benzene rings is 1. The van der Waals surface area contributed by atoms with Crippen LogP contribution in [0.5, 0.6) is 0 Å². The molecule has 0 fully saturated rings. The second-order valence-electron chi connectivity index (χ2n) is 12.1. The van der Waals surface area contributed by atoms with Crippen molar-refractivity contribution in [1.29, 1.82) is 0 Å². The van der Waals surface area contributed by atoms with E-state index in [1.807, 2.05) is 33.8 Å². The molecule has 3 atom stereocenters. The number of hydrogen-bond acceptors (Lipinski definition) is 13. The smallest absolute Gasteiger partial charge is 0.274 e. The van der Waals surface area contributed by atoms with Crippen molar-refractivity contribution in [3.05, 3.63) is 66.1 Å². The number of nitrogens with one attached hydrogen (secondary N) is 3. The van der Waals surface area contributed by atoms with E-state index in [2.05, 4.69) is 40.9 Å². The van der Waals surface area contributed by atoms with Gasteiger partial charge in [0.1, 0.15) is 47.3 Å². The van der Waals surface area contributed by atoms with Crippen LogP contribution in [0.25, 0.3) is 56.8 Å². The number of hydrogen-bond donors (Lipinski definition) is 3. The van der Waals surface area contributed by atoms with Crippen LogP contribution in [0, 0.1) is 11.8 Å². The fourth-order valence-electron chi connectivity index (χ4n) is 5.29. The summed E-state index contributed by atoms with van der Waals surface area (Å²) < 4.78 is 23.1. The van der Waals surface area contributed by atoms with Gasteiger partial charge in [-0.3, -0.25) is 14.4 Å². The van der Waals surface area contributed by atoms with Gasteiger partial charge in [-0.2, -0.15) is 0 Å². The first-order valence-corrected chi connectivity index (χ1v) is 16.8. The Bertz CT molecular complexity index is 2160. The number of carbonyl (C=O) groups is 3. The molecule has 6 heterocycles. The number of fused-ring (bicyclic) bond motifs is 14. The minimum Gasteiger partial charge on any atom is -0.446 e. The highest BCUT2D eigenvalue weighted by atomic mass is 32.1. The number of oxazole rings is 4. The molecule has 15 nitrogen and oxygen atoms in total. The largest absolute Gasteiger partial charge is 0.446 e. The van der Waals surface area contributed by atoms with Crippen molar-refractivity contribution in [3.8, 4) is 56.8 Å². The van der Waals surface area contributed by atoms with E-state index in [-0.39, 0.29) is 59.1 Å². The molecular formula is C34H32N8O7S. The summed E-state index contributed by atoms with van der Waals surface area (Å²) in [6, 6.07) is 7.07. The van der Waals surface area contributed by atoms with Gasteiger partial charge in [0.2, 0.25) is 35.4 Å². The Balaban J connectivity index is 1.30. The minimum absolute atomic E-state index is 0.0307. The molecule has 0 spiro atoms. The fourth-order valence-corrected chi connectivity index (χ4v) is 6.03. The van der Waals surface area contributed by atoms with Crippen LogP contribution in [0.3, 0.4) is 0 Å². The molecule has 0 saturated carbocycles. The zero-order valence-electron chi connectivity index (χ0n) is 27.4. The Morgan fingerprint density at radius 1 is 0.780 bits per heavy atom. The number of amides is 3. The third-order valence-electron chi connectivity index (χ3n) is 8.26. The summed E-state index contributed by atoms with van der Waals surface area (Å²) in [7, 11) is 0. The van der Waals surface area contributed by atoms with Gasteiger partial charge in [0, 0.05) is 10.9 Å². The van der Waals surface area contributed by atoms with E-state index < -0.39 is 29.8 Å². The van der Waals surface area contributed by atoms with Crippen LogP contribution in [-0.2, 0) is 16.1 Å². The first-order chi connectivity index (χ1) is 24.2. The highest BCUT2D eigenvalue weighted by Crippen LogP contribution is 2.33. The Morgan fingerprint density at radius 3 is 2.24 bits per heavy atom. The molecular weight excluding hydrogens is 664 g/mol. The lowest BCUT2D eigenvalue weighted by Gasteiger charge is -2.27. The van der Waals surface area contributed by atoms with E-state index in [0.29, 0.717) is 34.1 Å². The van der Waals surface area contributed by atoms with Gasteiger partial charge in [0.25, 0.3) is 5.91 Å². The van der Waals surface area contributed by atoms with Crippen molar-refractivity contribution in [2.24, 2.45) is 11.8 Å². The summed E-state index contributed by atoms with van der Waals surface area (Å²) in [5, 5.41) is 10.8. The van der Waals surface area contributed by atoms with Gasteiger partial charge in [0.05, 0.1) is 6.54 Å². The maximum absolute atomic E-state index is 14.0. The van der Waals surface area contributed by atoms with Crippen molar-refractivity contribution < 1.29 is 32.1 Å². The highest BCUT2D eigenvalue weighted by molar-refractivity contribution is 7.13. The molecule has 3 N–H and O–H groups in total. The first kappa shape index (κ1) is 32.6. The van der Waals surface area contributed by atoms with E-state index in [1.54, 1.807) is 29.6 Å². The molecule has 16 heteroatoms. The van der Waals surface area contributed by atoms with Gasteiger partial charge >= 0.3 is 0 Å². The predicted octanol–water partition coefficient (Wildman–Crippen LogP) is 5.35. The van der Waals surface area contributed by atoms with Crippen LogP contribution in [0.2, 0.25) is 0 Å². The third-order valence-corrected chi connectivity index (χ3v) is 9.13. The zero-order valence-corrected chi connectivity index (χ0v) is 28.2. The van der Waals surface area contributed by atoms with E-state index in [1.165, 1.54) is 30.1 Å². The van der Waals surface area contributed by atoms with Crippen LogP contribution >= 0.6 is 11.3 Å². The Morgan fingerprint density at radius 2 is 1.48 bits per heavy atom. The third kappa shape index (κ3) is 6.44. The first-order valence-electron chi connectivity index (χ1n) is 16.0. The number of thiazole rings is 1. The van der Waals surface area contributed by atoms with Crippen LogP contribution in [0.15, 0.2) is 72.2 Å². The maximum atomic E-state index is 14.0. The van der Waals surface area contributed by atoms with Gasteiger partial charge in [-0.15, -0.1) is 11.3 Å². The number of rotatable bonds is 4. The van der Waals surface area contributed by atoms with Crippen molar-refractivity contribution in [2.45, 2.75) is 52.7 Å². The minimum atomic E-state index is -1.01. The lowest BCUT2D eigenvalue weighted by atomic mass is 9.96. The molecule has 0 saturated heterocycles. The van der Waals surface area contributed by atoms with Crippen LogP contribution in [0.1, 0.15) is 50.5 Å². The van der Waals surface area contributed by atoms with Crippen LogP contribution in [-0.4, -0.2) is 54.7 Å². The Hall–Kier alpha value is -5.90. The van der Waals surface area contributed by atoms with E-state index >= 15 is 0 Å². The second kappa shape index (κ2) is 13.5. The summed E-state index contributed by atoms with van der Waals surface area (Å²) in [4.78, 5) is 63.8. The van der Waals surface area contributed by atoms with Gasteiger partial charge in [0.15, 0.2) is 22.8 Å². The van der Waals surface area contributed by atoms with Crippen LogP contribution in [0.4, 0.5) is 0 Å². The Labute approximate surface area is 289 Å². The van der Waals surface area contributed by atoms with Gasteiger partial charge < -0.3 is 33.6 Å². The quantitative estimate of drug-likeness (QED) is 0.214. The van der Waals surface area contributed by atoms with Crippen molar-refractivity contribution in [3.63, 3.8) is 0 Å². The van der Waals surface area contributed by atoms with Gasteiger partial charge in [-0.25, -0.2) is 24.9 Å². The lowest BCUT2D eigenvalue weighted by molar-refractivity contribution is -0.131. The van der Waals surface area contributed by atoms with Crippen molar-refractivity contribution >= 4 is 29.1 Å². The molecule has 0 unspecified atom stereocenters. The summed E-state index contributed by atoms with van der Waals surface area (Å²) in [5.41, 5.74) is 1.99. The lowest BCUT2D eigenvalue weighted by Crippen LogP contribution is -2.57. The molecule has 6 aromatic rings. The molecule has 1 aliphatic heterocycles. The molecule has 256 valence electrons. The number of carbonyl (C=O) groups excluding carboxylic acids is 3. The summed E-state index contributed by atoms with van der Waals surface area (Å²) >= 11 is 1.31. The monoisotopic (exact) mass is 696 g/mol. The molecule has 0 aliphatic carbocycles. The van der Waals surface area contributed by atoms with E-state index in [9.17, 15) is 14.4 Å². The molecule has 1 aliphatic rings. The molecule has 7 rings (SSSR count). The topological polar surface area (TPSA) is 204 Å². The SMILES string of the molecule is CC[C@H](C)[C@H]1NC(=O)c2nc(oc2-c2ccccc2)-c2coc(n2)-c2csc(n2)-c2coc(n2)-c2coc(n2)CNC(=O)[C@H](C(C)C)NC1=O. The normalized spacial score (nSPS) is 17.5. The van der Waals surface area contributed by atoms with Gasteiger partial charge in [-0.1, -0.05) is 64.4 Å². The summed E-state index contributed by atoms with van der Waals surface area (Å²) in [5.74, 6) is -1.39. The highest BCUT2D eigenvalue weighted by Gasteiger charge is 2.34. The predicted molar refractivity (Wildman–Crippen MR) is 179 cm³/mol. The average Bonchev–Trinajstić information content (AvgIpc) is 3.96. The average molecular weight is 697 g/mol. The number of aromatic nitrogens is 5.